The highest BCUT2D eigenvalue weighted by Gasteiger charge is 2.30. The number of hydrogen-bond donors (Lipinski definition) is 2. The lowest BCUT2D eigenvalue weighted by Gasteiger charge is -2.41. The summed E-state index contributed by atoms with van der Waals surface area (Å²) in [5, 5.41) is 6.48. The van der Waals surface area contributed by atoms with Crippen LogP contribution in [-0.4, -0.2) is 55.2 Å². The van der Waals surface area contributed by atoms with Crippen LogP contribution < -0.4 is 10.6 Å². The van der Waals surface area contributed by atoms with Crippen LogP contribution in [0.2, 0.25) is 0 Å². The Morgan fingerprint density at radius 3 is 2.56 bits per heavy atom. The molecule has 142 valence electrons. The van der Waals surface area contributed by atoms with E-state index in [-0.39, 0.29) is 42.3 Å². The van der Waals surface area contributed by atoms with Gasteiger partial charge in [0.15, 0.2) is 0 Å². The first-order chi connectivity index (χ1) is 11.1. The second-order valence-electron chi connectivity index (χ2n) is 7.04. The summed E-state index contributed by atoms with van der Waals surface area (Å²) in [6, 6.07) is 8.20. The number of fused-ring (bicyclic) bond motifs is 1. The average Bonchev–Trinajstić information content (AvgIpc) is 2.60. The van der Waals surface area contributed by atoms with Crippen molar-refractivity contribution >= 4 is 30.7 Å². The number of carbonyl (C=O) groups is 1. The van der Waals surface area contributed by atoms with Crippen LogP contribution in [0.25, 0.3) is 0 Å². The molecule has 1 fully saturated rings. The first-order valence-corrected chi connectivity index (χ1v) is 8.47. The van der Waals surface area contributed by atoms with Crippen molar-refractivity contribution in [1.29, 1.82) is 0 Å². The zero-order valence-corrected chi connectivity index (χ0v) is 16.5. The molecular weight excluding hydrogens is 361 g/mol. The SMILES string of the molecule is CC(C)(CNC(=O)C1Cc2ccccc2CN1)N1CCOCC1.Cl.Cl. The molecule has 3 rings (SSSR count). The minimum atomic E-state index is -0.134. The molecule has 2 heterocycles. The van der Waals surface area contributed by atoms with Crippen molar-refractivity contribution in [3.05, 3.63) is 35.4 Å². The van der Waals surface area contributed by atoms with Gasteiger partial charge in [-0.15, -0.1) is 24.8 Å². The largest absolute Gasteiger partial charge is 0.379 e. The maximum atomic E-state index is 12.5. The molecule has 2 aliphatic rings. The molecule has 7 heteroatoms. The Kier molecular flexibility index (Phi) is 8.64. The quantitative estimate of drug-likeness (QED) is 0.823. The van der Waals surface area contributed by atoms with E-state index < -0.39 is 0 Å². The van der Waals surface area contributed by atoms with Gasteiger partial charge in [0, 0.05) is 31.7 Å². The second kappa shape index (κ2) is 9.74. The predicted molar refractivity (Wildman–Crippen MR) is 105 cm³/mol. The van der Waals surface area contributed by atoms with Gasteiger partial charge in [-0.2, -0.15) is 0 Å². The maximum absolute atomic E-state index is 12.5. The third-order valence-corrected chi connectivity index (χ3v) is 4.96. The number of morpholine rings is 1. The maximum Gasteiger partial charge on any atom is 0.237 e. The fourth-order valence-electron chi connectivity index (χ4n) is 3.35. The Balaban J connectivity index is 0.00000156. The van der Waals surface area contributed by atoms with Crippen molar-refractivity contribution in [2.24, 2.45) is 0 Å². The van der Waals surface area contributed by atoms with Crippen LogP contribution in [0, 0.1) is 0 Å². The molecule has 1 saturated heterocycles. The molecule has 0 aromatic heterocycles. The molecule has 5 nitrogen and oxygen atoms in total. The molecule has 1 amide bonds. The standard InChI is InChI=1S/C18H27N3O2.2ClH/c1-18(2,21-7-9-23-10-8-21)13-20-17(22)16-11-14-5-3-4-6-15(14)12-19-16;;/h3-6,16,19H,7-13H2,1-2H3,(H,20,22);2*1H. The van der Waals surface area contributed by atoms with Crippen LogP contribution in [0.4, 0.5) is 0 Å². The highest BCUT2D eigenvalue weighted by molar-refractivity contribution is 5.85. The number of nitrogens with zero attached hydrogens (tertiary/aromatic N) is 1. The minimum absolute atomic E-state index is 0. The lowest BCUT2D eigenvalue weighted by atomic mass is 9.95. The number of benzene rings is 1. The molecule has 2 aliphatic heterocycles. The molecule has 0 spiro atoms. The Labute approximate surface area is 162 Å². The molecule has 2 N–H and O–H groups in total. The van der Waals surface area contributed by atoms with Gasteiger partial charge in [-0.3, -0.25) is 9.69 Å². The van der Waals surface area contributed by atoms with Gasteiger partial charge in [0.1, 0.15) is 0 Å². The van der Waals surface area contributed by atoms with E-state index in [2.05, 4.69) is 41.5 Å². The van der Waals surface area contributed by atoms with Crippen molar-refractivity contribution in [2.75, 3.05) is 32.8 Å². The molecule has 0 aliphatic carbocycles. The van der Waals surface area contributed by atoms with Crippen molar-refractivity contribution in [2.45, 2.75) is 38.4 Å². The van der Waals surface area contributed by atoms with Crippen LogP contribution in [0.15, 0.2) is 24.3 Å². The fraction of sp³-hybridized carbons (Fsp3) is 0.611. The summed E-state index contributed by atoms with van der Waals surface area (Å²) in [7, 11) is 0. The van der Waals surface area contributed by atoms with E-state index >= 15 is 0 Å². The van der Waals surface area contributed by atoms with E-state index in [1.807, 2.05) is 12.1 Å². The molecule has 0 saturated carbocycles. The average molecular weight is 390 g/mol. The number of rotatable bonds is 4. The first kappa shape index (κ1) is 22.2. The van der Waals surface area contributed by atoms with E-state index in [0.29, 0.717) is 6.54 Å². The topological polar surface area (TPSA) is 53.6 Å². The third-order valence-electron chi connectivity index (χ3n) is 4.96. The number of amides is 1. The highest BCUT2D eigenvalue weighted by atomic mass is 35.5. The van der Waals surface area contributed by atoms with Crippen LogP contribution >= 0.6 is 24.8 Å². The molecule has 0 bridgehead atoms. The fourth-order valence-corrected chi connectivity index (χ4v) is 3.35. The number of nitrogens with one attached hydrogen (secondary N) is 2. The molecule has 1 aromatic carbocycles. The smallest absolute Gasteiger partial charge is 0.237 e. The molecule has 0 radical (unpaired) electrons. The lowest BCUT2D eigenvalue weighted by Crippen LogP contribution is -2.57. The van der Waals surface area contributed by atoms with Gasteiger partial charge in [-0.25, -0.2) is 0 Å². The Hall–Kier alpha value is -0.850. The van der Waals surface area contributed by atoms with Gasteiger partial charge in [-0.1, -0.05) is 24.3 Å². The summed E-state index contributed by atoms with van der Waals surface area (Å²) >= 11 is 0. The van der Waals surface area contributed by atoms with Gasteiger partial charge < -0.3 is 15.4 Å². The van der Waals surface area contributed by atoms with Crippen LogP contribution in [0.5, 0.6) is 0 Å². The van der Waals surface area contributed by atoms with Crippen LogP contribution in [0.1, 0.15) is 25.0 Å². The molecular formula is C18H29Cl2N3O2. The summed E-state index contributed by atoms with van der Waals surface area (Å²) in [5.74, 6) is 0.0980. The first-order valence-electron chi connectivity index (χ1n) is 8.47. The predicted octanol–water partition coefficient (Wildman–Crippen LogP) is 1.77. The van der Waals surface area contributed by atoms with Gasteiger partial charge in [0.2, 0.25) is 5.91 Å². The van der Waals surface area contributed by atoms with E-state index in [1.54, 1.807) is 0 Å². The molecule has 1 atom stereocenters. The Morgan fingerprint density at radius 2 is 1.88 bits per heavy atom. The Morgan fingerprint density at radius 1 is 1.24 bits per heavy atom. The summed E-state index contributed by atoms with van der Waals surface area (Å²) < 4.78 is 5.41. The summed E-state index contributed by atoms with van der Waals surface area (Å²) in [6.07, 6.45) is 0.764. The summed E-state index contributed by atoms with van der Waals surface area (Å²) in [5.41, 5.74) is 2.52. The number of ether oxygens (including phenoxy) is 1. The van der Waals surface area contributed by atoms with E-state index in [0.717, 1.165) is 39.3 Å². The number of halogens is 2. The van der Waals surface area contributed by atoms with Crippen molar-refractivity contribution in [1.82, 2.24) is 15.5 Å². The van der Waals surface area contributed by atoms with Crippen molar-refractivity contribution in [3.63, 3.8) is 0 Å². The molecule has 1 unspecified atom stereocenters. The zero-order valence-electron chi connectivity index (χ0n) is 14.9. The summed E-state index contributed by atoms with van der Waals surface area (Å²) in [4.78, 5) is 14.9. The zero-order chi connectivity index (χ0) is 16.3. The van der Waals surface area contributed by atoms with Crippen LogP contribution in [0.3, 0.4) is 0 Å². The normalized spacial score (nSPS) is 20.6. The van der Waals surface area contributed by atoms with Gasteiger partial charge in [-0.05, 0) is 31.4 Å². The third kappa shape index (κ3) is 5.56. The van der Waals surface area contributed by atoms with E-state index in [1.165, 1.54) is 11.1 Å². The highest BCUT2D eigenvalue weighted by Crippen LogP contribution is 2.18. The van der Waals surface area contributed by atoms with Crippen molar-refractivity contribution < 1.29 is 9.53 Å². The summed E-state index contributed by atoms with van der Waals surface area (Å²) in [6.45, 7) is 9.20. The number of carbonyl (C=O) groups excluding carboxylic acids is 1. The van der Waals surface area contributed by atoms with Gasteiger partial charge in [0.05, 0.1) is 19.3 Å². The number of hydrogen-bond acceptors (Lipinski definition) is 4. The monoisotopic (exact) mass is 389 g/mol. The van der Waals surface area contributed by atoms with Crippen LogP contribution in [-0.2, 0) is 22.5 Å². The molecule has 25 heavy (non-hydrogen) atoms. The minimum Gasteiger partial charge on any atom is -0.379 e. The Bertz CT molecular complexity index is 563. The second-order valence-corrected chi connectivity index (χ2v) is 7.04. The van der Waals surface area contributed by atoms with E-state index in [9.17, 15) is 4.79 Å². The van der Waals surface area contributed by atoms with Gasteiger partial charge >= 0.3 is 0 Å². The van der Waals surface area contributed by atoms with Crippen molar-refractivity contribution in [3.8, 4) is 0 Å². The van der Waals surface area contributed by atoms with E-state index in [4.69, 9.17) is 4.74 Å². The lowest BCUT2D eigenvalue weighted by molar-refractivity contribution is -0.124. The molecule has 1 aromatic rings. The van der Waals surface area contributed by atoms with Gasteiger partial charge in [0.25, 0.3) is 0 Å².